The average Bonchev–Trinajstić information content (AvgIpc) is 2.69. The first-order chi connectivity index (χ1) is 13.2. The zero-order chi connectivity index (χ0) is 18.6. The van der Waals surface area contributed by atoms with Crippen LogP contribution in [0, 0.1) is 0 Å². The molecule has 4 rings (SSSR count). The fourth-order valence-corrected chi connectivity index (χ4v) is 2.79. The summed E-state index contributed by atoms with van der Waals surface area (Å²) in [5.74, 6) is -0.517. The zero-order valence-electron chi connectivity index (χ0n) is 14.3. The highest BCUT2D eigenvalue weighted by Gasteiger charge is 2.15. The normalized spacial score (nSPS) is 10.5. The zero-order valence-corrected chi connectivity index (χ0v) is 14.3. The Morgan fingerprint density at radius 1 is 0.778 bits per heavy atom. The summed E-state index contributed by atoms with van der Waals surface area (Å²) in [6, 6.07) is 25.6. The largest absolute Gasteiger partial charge is 0.422 e. The molecule has 1 amide bonds. The van der Waals surface area contributed by atoms with Crippen LogP contribution in [0.3, 0.4) is 0 Å². The van der Waals surface area contributed by atoms with E-state index in [0.717, 1.165) is 11.4 Å². The van der Waals surface area contributed by atoms with E-state index in [4.69, 9.17) is 4.42 Å². The summed E-state index contributed by atoms with van der Waals surface area (Å²) in [6.07, 6.45) is 0. The highest BCUT2D eigenvalue weighted by molar-refractivity contribution is 6.07. The molecule has 0 spiro atoms. The second-order valence-electron chi connectivity index (χ2n) is 5.98. The summed E-state index contributed by atoms with van der Waals surface area (Å²) in [5, 5.41) is 6.74. The lowest BCUT2D eigenvalue weighted by Gasteiger charge is -2.13. The number of rotatable bonds is 4. The molecule has 0 aliphatic heterocycles. The van der Waals surface area contributed by atoms with Crippen molar-refractivity contribution in [2.24, 2.45) is 0 Å². The number of hydrogen-bond acceptors (Lipinski definition) is 4. The van der Waals surface area contributed by atoms with Gasteiger partial charge in [0.15, 0.2) is 0 Å². The predicted molar refractivity (Wildman–Crippen MR) is 107 cm³/mol. The molecule has 0 saturated heterocycles. The van der Waals surface area contributed by atoms with Crippen LogP contribution in [0.15, 0.2) is 94.1 Å². The van der Waals surface area contributed by atoms with Crippen molar-refractivity contribution >= 4 is 33.9 Å². The number of para-hydroxylation sites is 4. The van der Waals surface area contributed by atoms with Crippen LogP contribution in [-0.4, -0.2) is 5.91 Å². The van der Waals surface area contributed by atoms with Gasteiger partial charge in [-0.25, -0.2) is 4.79 Å². The minimum Gasteiger partial charge on any atom is -0.422 e. The molecule has 0 saturated carbocycles. The minimum atomic E-state index is -0.667. The Balaban J connectivity index is 1.64. The number of benzene rings is 3. The molecule has 1 aromatic heterocycles. The quantitative estimate of drug-likeness (QED) is 0.516. The molecule has 5 nitrogen and oxygen atoms in total. The highest BCUT2D eigenvalue weighted by Crippen LogP contribution is 2.25. The molecule has 0 unspecified atom stereocenters. The summed E-state index contributed by atoms with van der Waals surface area (Å²) in [4.78, 5) is 24.9. The van der Waals surface area contributed by atoms with Crippen LogP contribution < -0.4 is 16.3 Å². The van der Waals surface area contributed by atoms with Gasteiger partial charge in [0.25, 0.3) is 5.91 Å². The molecule has 5 heteroatoms. The molecule has 27 heavy (non-hydrogen) atoms. The number of amides is 1. The van der Waals surface area contributed by atoms with Gasteiger partial charge in [-0.3, -0.25) is 4.79 Å². The number of anilines is 3. The van der Waals surface area contributed by atoms with Gasteiger partial charge in [0.1, 0.15) is 11.1 Å². The predicted octanol–water partition coefficient (Wildman–Crippen LogP) is 4.79. The van der Waals surface area contributed by atoms with Crippen molar-refractivity contribution in [3.63, 3.8) is 0 Å². The van der Waals surface area contributed by atoms with Gasteiger partial charge >= 0.3 is 5.63 Å². The summed E-state index contributed by atoms with van der Waals surface area (Å²) in [6.45, 7) is 0. The van der Waals surface area contributed by atoms with Crippen LogP contribution in [0.2, 0.25) is 0 Å². The van der Waals surface area contributed by atoms with Crippen LogP contribution in [-0.2, 0) is 0 Å². The maximum absolute atomic E-state index is 12.7. The first kappa shape index (κ1) is 16.6. The van der Waals surface area contributed by atoms with Gasteiger partial charge in [0.05, 0.1) is 11.4 Å². The van der Waals surface area contributed by atoms with Crippen molar-refractivity contribution < 1.29 is 9.21 Å². The standard InChI is InChI=1S/C22H16N2O3/c25-21(17-14-15-8-4-7-13-20(15)27-22(17)26)24-19-12-6-5-11-18(19)23-16-9-2-1-3-10-16/h1-14,23H,(H,24,25). The van der Waals surface area contributed by atoms with Crippen molar-refractivity contribution in [1.29, 1.82) is 0 Å². The van der Waals surface area contributed by atoms with Gasteiger partial charge in [-0.2, -0.15) is 0 Å². The van der Waals surface area contributed by atoms with Crippen molar-refractivity contribution in [3.05, 3.63) is 101 Å². The Labute approximate surface area is 155 Å². The van der Waals surface area contributed by atoms with Gasteiger partial charge in [0.2, 0.25) is 0 Å². The van der Waals surface area contributed by atoms with Gasteiger partial charge in [0, 0.05) is 11.1 Å². The Hall–Kier alpha value is -3.86. The van der Waals surface area contributed by atoms with Gasteiger partial charge in [-0.15, -0.1) is 0 Å². The fourth-order valence-electron chi connectivity index (χ4n) is 2.79. The number of nitrogens with one attached hydrogen (secondary N) is 2. The molecule has 132 valence electrons. The van der Waals surface area contributed by atoms with E-state index >= 15 is 0 Å². The van der Waals surface area contributed by atoms with Gasteiger partial charge in [-0.1, -0.05) is 48.5 Å². The first-order valence-electron chi connectivity index (χ1n) is 8.46. The van der Waals surface area contributed by atoms with E-state index in [-0.39, 0.29) is 5.56 Å². The number of carbonyl (C=O) groups is 1. The van der Waals surface area contributed by atoms with Gasteiger partial charge < -0.3 is 15.1 Å². The first-order valence-corrected chi connectivity index (χ1v) is 8.46. The molecule has 1 heterocycles. The van der Waals surface area contributed by atoms with E-state index in [0.29, 0.717) is 16.7 Å². The third-order valence-electron chi connectivity index (χ3n) is 4.11. The number of hydrogen-bond donors (Lipinski definition) is 2. The third kappa shape index (κ3) is 3.57. The third-order valence-corrected chi connectivity index (χ3v) is 4.11. The maximum atomic E-state index is 12.7. The lowest BCUT2D eigenvalue weighted by atomic mass is 10.1. The molecule has 0 aliphatic carbocycles. The Bertz CT molecular complexity index is 1170. The van der Waals surface area contributed by atoms with Crippen LogP contribution in [0.4, 0.5) is 17.1 Å². The fraction of sp³-hybridized carbons (Fsp3) is 0. The van der Waals surface area contributed by atoms with E-state index in [1.807, 2.05) is 54.6 Å². The molecule has 3 aromatic carbocycles. The van der Waals surface area contributed by atoms with E-state index in [2.05, 4.69) is 10.6 Å². The number of fused-ring (bicyclic) bond motifs is 1. The Morgan fingerprint density at radius 3 is 2.26 bits per heavy atom. The van der Waals surface area contributed by atoms with Crippen molar-refractivity contribution in [2.75, 3.05) is 10.6 Å². The summed E-state index contributed by atoms with van der Waals surface area (Å²) >= 11 is 0. The second-order valence-corrected chi connectivity index (χ2v) is 5.98. The Kier molecular flexibility index (Phi) is 4.41. The van der Waals surface area contributed by atoms with Gasteiger partial charge in [-0.05, 0) is 36.4 Å². The molecular formula is C22H16N2O3. The summed E-state index contributed by atoms with van der Waals surface area (Å²) in [5.41, 5.74) is 1.93. The summed E-state index contributed by atoms with van der Waals surface area (Å²) < 4.78 is 5.25. The van der Waals surface area contributed by atoms with E-state index in [1.54, 1.807) is 30.3 Å². The SMILES string of the molecule is O=C(Nc1ccccc1Nc1ccccc1)c1cc2ccccc2oc1=O. The lowest BCUT2D eigenvalue weighted by Crippen LogP contribution is -2.21. The van der Waals surface area contributed by atoms with Crippen LogP contribution in [0.1, 0.15) is 10.4 Å². The van der Waals surface area contributed by atoms with Crippen LogP contribution in [0.5, 0.6) is 0 Å². The lowest BCUT2D eigenvalue weighted by molar-refractivity contribution is 0.102. The average molecular weight is 356 g/mol. The Morgan fingerprint density at radius 2 is 1.44 bits per heavy atom. The van der Waals surface area contributed by atoms with Crippen LogP contribution >= 0.6 is 0 Å². The van der Waals surface area contributed by atoms with Crippen molar-refractivity contribution in [2.45, 2.75) is 0 Å². The van der Waals surface area contributed by atoms with E-state index in [1.165, 1.54) is 0 Å². The molecule has 0 aliphatic rings. The van der Waals surface area contributed by atoms with Crippen molar-refractivity contribution in [1.82, 2.24) is 0 Å². The molecule has 0 atom stereocenters. The smallest absolute Gasteiger partial charge is 0.349 e. The maximum Gasteiger partial charge on any atom is 0.349 e. The summed E-state index contributed by atoms with van der Waals surface area (Å²) in [7, 11) is 0. The molecule has 0 radical (unpaired) electrons. The van der Waals surface area contributed by atoms with E-state index in [9.17, 15) is 9.59 Å². The molecule has 0 bridgehead atoms. The van der Waals surface area contributed by atoms with Crippen LogP contribution in [0.25, 0.3) is 11.0 Å². The monoisotopic (exact) mass is 356 g/mol. The van der Waals surface area contributed by atoms with E-state index < -0.39 is 11.5 Å². The molecule has 2 N–H and O–H groups in total. The van der Waals surface area contributed by atoms with Crippen molar-refractivity contribution in [3.8, 4) is 0 Å². The molecule has 0 fully saturated rings. The minimum absolute atomic E-state index is 0.0387. The topological polar surface area (TPSA) is 71.3 Å². The second kappa shape index (κ2) is 7.17. The molecule has 4 aromatic rings. The number of carbonyl (C=O) groups excluding carboxylic acids is 1. The highest BCUT2D eigenvalue weighted by atomic mass is 16.4. The molecular weight excluding hydrogens is 340 g/mol.